The van der Waals surface area contributed by atoms with Gasteiger partial charge in [0.05, 0.1) is 11.3 Å². The number of hydrogen-bond donors (Lipinski definition) is 3. The molecule has 1 heterocycles. The van der Waals surface area contributed by atoms with Gasteiger partial charge in [-0.3, -0.25) is 15.1 Å². The first-order chi connectivity index (χ1) is 10.5. The number of phenols is 1. The number of benzene rings is 1. The molecule has 0 aliphatic heterocycles. The number of imidazole rings is 1. The molecule has 0 unspecified atom stereocenters. The maximum Gasteiger partial charge on any atom is 0.328 e. The van der Waals surface area contributed by atoms with E-state index < -0.39 is 28.4 Å². The molecule has 2 aromatic rings. The predicted octanol–water partition coefficient (Wildman–Crippen LogP) is 1.14. The standard InChI is InChI=1S/C13H12N4O5/c18-12-8(2-1-3-11(12)17(21)22)5-15-10(13(19)20)4-9-6-14-7-16-9/h1-3,5-7,10,18H,4H2,(H,14,16)(H,19,20)/t10-/m0/s1. The number of nitro benzene ring substituents is 1. The minimum absolute atomic E-state index is 0.0741. The number of nitrogens with zero attached hydrogens (tertiary/aromatic N) is 3. The van der Waals surface area contributed by atoms with Crippen LogP contribution < -0.4 is 0 Å². The molecule has 0 saturated carbocycles. The van der Waals surface area contributed by atoms with Crippen molar-refractivity contribution in [2.75, 3.05) is 0 Å². The van der Waals surface area contributed by atoms with E-state index in [-0.39, 0.29) is 12.0 Å². The van der Waals surface area contributed by atoms with Crippen LogP contribution in [0.2, 0.25) is 0 Å². The Kier molecular flexibility index (Phi) is 4.47. The van der Waals surface area contributed by atoms with Crippen LogP contribution in [0.15, 0.2) is 35.7 Å². The van der Waals surface area contributed by atoms with Crippen molar-refractivity contribution in [2.45, 2.75) is 12.5 Å². The van der Waals surface area contributed by atoms with Crippen molar-refractivity contribution >= 4 is 17.9 Å². The van der Waals surface area contributed by atoms with Crippen LogP contribution in [0.1, 0.15) is 11.3 Å². The Balaban J connectivity index is 2.23. The molecule has 3 N–H and O–H groups in total. The second kappa shape index (κ2) is 6.48. The Bertz CT molecular complexity index is 711. The average Bonchev–Trinajstić information content (AvgIpc) is 2.97. The van der Waals surface area contributed by atoms with E-state index >= 15 is 0 Å². The monoisotopic (exact) mass is 304 g/mol. The zero-order chi connectivity index (χ0) is 16.1. The van der Waals surface area contributed by atoms with Crippen LogP contribution >= 0.6 is 0 Å². The fourth-order valence-corrected chi connectivity index (χ4v) is 1.78. The summed E-state index contributed by atoms with van der Waals surface area (Å²) in [5.74, 6) is -1.71. The lowest BCUT2D eigenvalue weighted by Crippen LogP contribution is -2.21. The zero-order valence-corrected chi connectivity index (χ0v) is 11.2. The van der Waals surface area contributed by atoms with Crippen molar-refractivity contribution in [3.8, 4) is 5.75 Å². The van der Waals surface area contributed by atoms with Gasteiger partial charge in [0, 0.05) is 36.2 Å². The van der Waals surface area contributed by atoms with E-state index in [0.29, 0.717) is 5.69 Å². The van der Waals surface area contributed by atoms with Gasteiger partial charge in [-0.15, -0.1) is 0 Å². The lowest BCUT2D eigenvalue weighted by atomic mass is 10.1. The van der Waals surface area contributed by atoms with Gasteiger partial charge in [-0.1, -0.05) is 6.07 Å². The fraction of sp³-hybridized carbons (Fsp3) is 0.154. The minimum atomic E-state index is -1.16. The first kappa shape index (κ1) is 15.2. The lowest BCUT2D eigenvalue weighted by molar-refractivity contribution is -0.385. The number of carboxylic acid groups (broad SMARTS) is 1. The van der Waals surface area contributed by atoms with Crippen LogP contribution in [-0.2, 0) is 11.2 Å². The third kappa shape index (κ3) is 3.45. The number of para-hydroxylation sites is 1. The van der Waals surface area contributed by atoms with Gasteiger partial charge in [0.1, 0.15) is 0 Å². The van der Waals surface area contributed by atoms with Crippen LogP contribution in [0, 0.1) is 10.1 Å². The summed E-state index contributed by atoms with van der Waals surface area (Å²) in [6.45, 7) is 0. The van der Waals surface area contributed by atoms with E-state index in [1.165, 1.54) is 24.7 Å². The van der Waals surface area contributed by atoms with Gasteiger partial charge in [-0.05, 0) is 6.07 Å². The number of phenolic OH excluding ortho intramolecular Hbond substituents is 1. The van der Waals surface area contributed by atoms with Crippen molar-refractivity contribution in [2.24, 2.45) is 4.99 Å². The molecule has 0 fully saturated rings. The second-order valence-electron chi connectivity index (χ2n) is 4.39. The minimum Gasteiger partial charge on any atom is -0.502 e. The molecule has 22 heavy (non-hydrogen) atoms. The van der Waals surface area contributed by atoms with E-state index in [1.807, 2.05) is 0 Å². The molecular weight excluding hydrogens is 292 g/mol. The third-order valence-corrected chi connectivity index (χ3v) is 2.89. The van der Waals surface area contributed by atoms with Crippen molar-refractivity contribution < 1.29 is 19.9 Å². The van der Waals surface area contributed by atoms with E-state index in [1.54, 1.807) is 0 Å². The SMILES string of the molecule is O=C(O)[C@H](Cc1cnc[nH]1)N=Cc1cccc([N+](=O)[O-])c1O. The fourth-order valence-electron chi connectivity index (χ4n) is 1.78. The molecule has 0 aliphatic carbocycles. The van der Waals surface area contributed by atoms with Crippen molar-refractivity contribution in [3.05, 3.63) is 52.1 Å². The molecule has 2 rings (SSSR count). The Morgan fingerprint density at radius 1 is 1.55 bits per heavy atom. The number of carbonyl (C=O) groups is 1. The van der Waals surface area contributed by atoms with E-state index in [2.05, 4.69) is 15.0 Å². The highest BCUT2D eigenvalue weighted by atomic mass is 16.6. The number of H-pyrrole nitrogens is 1. The second-order valence-corrected chi connectivity index (χ2v) is 4.39. The Labute approximate surface area is 124 Å². The average molecular weight is 304 g/mol. The summed E-state index contributed by atoms with van der Waals surface area (Å²) in [5.41, 5.74) is 0.197. The van der Waals surface area contributed by atoms with Crippen LogP contribution in [0.5, 0.6) is 5.75 Å². The van der Waals surface area contributed by atoms with Gasteiger partial charge < -0.3 is 15.2 Å². The summed E-state index contributed by atoms with van der Waals surface area (Å²) in [7, 11) is 0. The van der Waals surface area contributed by atoms with E-state index in [4.69, 9.17) is 5.11 Å². The summed E-state index contributed by atoms with van der Waals surface area (Å²) in [4.78, 5) is 31.6. The van der Waals surface area contributed by atoms with Gasteiger partial charge >= 0.3 is 11.7 Å². The largest absolute Gasteiger partial charge is 0.502 e. The van der Waals surface area contributed by atoms with Gasteiger partial charge in [0.2, 0.25) is 5.75 Å². The molecule has 0 spiro atoms. The quantitative estimate of drug-likeness (QED) is 0.415. The molecule has 9 heteroatoms. The number of aliphatic carboxylic acids is 1. The molecule has 0 bridgehead atoms. The molecule has 114 valence electrons. The third-order valence-electron chi connectivity index (χ3n) is 2.89. The predicted molar refractivity (Wildman–Crippen MR) is 76.1 cm³/mol. The number of aliphatic imine (C=N–C) groups is 1. The maximum absolute atomic E-state index is 11.2. The van der Waals surface area contributed by atoms with Crippen molar-refractivity contribution in [1.82, 2.24) is 9.97 Å². The molecule has 0 radical (unpaired) electrons. The zero-order valence-electron chi connectivity index (χ0n) is 11.2. The van der Waals surface area contributed by atoms with Crippen LogP contribution in [0.25, 0.3) is 0 Å². The highest BCUT2D eigenvalue weighted by Gasteiger charge is 2.19. The Morgan fingerprint density at radius 2 is 2.32 bits per heavy atom. The van der Waals surface area contributed by atoms with E-state index in [9.17, 15) is 20.0 Å². The number of carboxylic acids is 1. The lowest BCUT2D eigenvalue weighted by Gasteiger charge is -2.06. The highest BCUT2D eigenvalue weighted by Crippen LogP contribution is 2.28. The van der Waals surface area contributed by atoms with Crippen molar-refractivity contribution in [3.63, 3.8) is 0 Å². The molecule has 0 amide bonds. The summed E-state index contributed by atoms with van der Waals surface area (Å²) < 4.78 is 0. The van der Waals surface area contributed by atoms with E-state index in [0.717, 1.165) is 12.3 Å². The molecule has 1 aromatic carbocycles. The van der Waals surface area contributed by atoms with Gasteiger partial charge in [0.25, 0.3) is 0 Å². The van der Waals surface area contributed by atoms with Crippen molar-refractivity contribution in [1.29, 1.82) is 0 Å². The number of aromatic hydroxyl groups is 1. The number of aromatic amines is 1. The molecular formula is C13H12N4O5. The van der Waals surface area contributed by atoms with Gasteiger partial charge in [-0.25, -0.2) is 9.78 Å². The van der Waals surface area contributed by atoms with Gasteiger partial charge in [0.15, 0.2) is 6.04 Å². The molecule has 9 nitrogen and oxygen atoms in total. The molecule has 0 saturated heterocycles. The number of nitro groups is 1. The number of nitrogens with one attached hydrogen (secondary N) is 1. The van der Waals surface area contributed by atoms with Crippen LogP contribution in [-0.4, -0.2) is 43.3 Å². The summed E-state index contributed by atoms with van der Waals surface area (Å²) in [5, 5.41) is 29.6. The first-order valence-electron chi connectivity index (χ1n) is 6.18. The summed E-state index contributed by atoms with van der Waals surface area (Å²) in [6, 6.07) is 2.83. The summed E-state index contributed by atoms with van der Waals surface area (Å²) >= 11 is 0. The number of rotatable bonds is 6. The number of aromatic nitrogens is 2. The maximum atomic E-state index is 11.2. The smallest absolute Gasteiger partial charge is 0.328 e. The molecule has 1 aromatic heterocycles. The molecule has 0 aliphatic rings. The first-order valence-corrected chi connectivity index (χ1v) is 6.18. The van der Waals surface area contributed by atoms with Gasteiger partial charge in [-0.2, -0.15) is 0 Å². The van der Waals surface area contributed by atoms with Crippen LogP contribution in [0.3, 0.4) is 0 Å². The van der Waals surface area contributed by atoms with Crippen LogP contribution in [0.4, 0.5) is 5.69 Å². The topological polar surface area (TPSA) is 142 Å². The highest BCUT2D eigenvalue weighted by molar-refractivity contribution is 5.87. The Hall–Kier alpha value is -3.23. The Morgan fingerprint density at radius 3 is 2.91 bits per heavy atom. The number of hydrogen-bond acceptors (Lipinski definition) is 6. The molecule has 1 atom stereocenters. The summed E-state index contributed by atoms with van der Waals surface area (Å²) in [6.07, 6.45) is 4.10. The normalized spacial score (nSPS) is 12.4.